The van der Waals surface area contributed by atoms with Crippen LogP contribution in [0.5, 0.6) is 0 Å². The van der Waals surface area contributed by atoms with Crippen LogP contribution >= 0.6 is 0 Å². The number of allylic oxidation sites excluding steroid dienone is 15. The molecule has 1 rings (SSSR count). The summed E-state index contributed by atoms with van der Waals surface area (Å²) in [5.74, 6) is -0.217. The van der Waals surface area contributed by atoms with Gasteiger partial charge >= 0.3 is 0 Å². The number of unbranched alkanes of at least 4 members (excludes halogenated alkanes) is 12. The maximum atomic E-state index is 12.9. The van der Waals surface area contributed by atoms with Crippen LogP contribution in [0.25, 0.3) is 0 Å². The number of aliphatic hydroxyl groups is 5. The smallest absolute Gasteiger partial charge is 0.220 e. The van der Waals surface area contributed by atoms with E-state index in [1.54, 1.807) is 6.08 Å². The van der Waals surface area contributed by atoms with Crippen molar-refractivity contribution in [2.75, 3.05) is 13.2 Å². The maximum absolute atomic E-state index is 12.9. The monoisotopic (exact) mass is 826 g/mol. The highest BCUT2D eigenvalue weighted by molar-refractivity contribution is 5.76. The molecule has 6 N–H and O–H groups in total. The Morgan fingerprint density at radius 3 is 1.63 bits per heavy atom. The number of nitrogens with one attached hydrogen (secondary N) is 1. The molecule has 1 aliphatic rings. The largest absolute Gasteiger partial charge is 0.394 e. The van der Waals surface area contributed by atoms with Gasteiger partial charge in [-0.3, -0.25) is 4.79 Å². The second-order valence-corrected chi connectivity index (χ2v) is 15.5. The molecule has 0 spiro atoms. The Balaban J connectivity index is 2.39. The number of aliphatic hydroxyl groups excluding tert-OH is 5. The predicted octanol–water partition coefficient (Wildman–Crippen LogP) is 9.72. The number of ether oxygens (including phenoxy) is 2. The summed E-state index contributed by atoms with van der Waals surface area (Å²) in [7, 11) is 0. The van der Waals surface area contributed by atoms with Crippen molar-refractivity contribution in [1.29, 1.82) is 0 Å². The molecule has 0 aromatic carbocycles. The Hall–Kier alpha value is -2.89. The Morgan fingerprint density at radius 1 is 0.593 bits per heavy atom. The zero-order valence-corrected chi connectivity index (χ0v) is 36.7. The third-order valence-electron chi connectivity index (χ3n) is 10.1. The highest BCUT2D eigenvalue weighted by atomic mass is 16.7. The number of carbonyl (C=O) groups excluding carboxylic acids is 1. The van der Waals surface area contributed by atoms with Gasteiger partial charge in [0.25, 0.3) is 0 Å². The SMILES string of the molecule is CC/C=C\C/C=C\C/C=C\C/C=C\C/C=C\C/C=C\CCCCCCC(=O)NC(COC1OC(CO)C(O)C(O)C1O)C(O)/C=C/CC/C=C/CCCCCCCCC. The van der Waals surface area contributed by atoms with Crippen molar-refractivity contribution in [3.05, 3.63) is 97.2 Å². The average Bonchev–Trinajstić information content (AvgIpc) is 3.23. The lowest BCUT2D eigenvalue weighted by Crippen LogP contribution is -2.60. The molecule has 1 aliphatic heterocycles. The normalized spacial score (nSPS) is 21.6. The highest BCUT2D eigenvalue weighted by Crippen LogP contribution is 2.22. The molecule has 9 nitrogen and oxygen atoms in total. The number of carbonyl (C=O) groups is 1. The summed E-state index contributed by atoms with van der Waals surface area (Å²) >= 11 is 0. The lowest BCUT2D eigenvalue weighted by molar-refractivity contribution is -0.302. The quantitative estimate of drug-likeness (QED) is 0.0270. The van der Waals surface area contributed by atoms with E-state index < -0.39 is 49.5 Å². The first-order chi connectivity index (χ1) is 28.8. The molecule has 59 heavy (non-hydrogen) atoms. The molecule has 7 unspecified atom stereocenters. The molecule has 1 saturated heterocycles. The second kappa shape index (κ2) is 39.3. The van der Waals surface area contributed by atoms with Gasteiger partial charge in [-0.05, 0) is 83.5 Å². The average molecular weight is 826 g/mol. The summed E-state index contributed by atoms with van der Waals surface area (Å²) in [5.41, 5.74) is 0. The molecule has 7 atom stereocenters. The van der Waals surface area contributed by atoms with Crippen LogP contribution in [-0.2, 0) is 14.3 Å². The van der Waals surface area contributed by atoms with Crippen LogP contribution in [0.2, 0.25) is 0 Å². The third kappa shape index (κ3) is 29.9. The minimum Gasteiger partial charge on any atom is -0.394 e. The van der Waals surface area contributed by atoms with Crippen molar-refractivity contribution in [2.45, 2.75) is 198 Å². The van der Waals surface area contributed by atoms with Gasteiger partial charge in [0.1, 0.15) is 24.4 Å². The Morgan fingerprint density at radius 2 is 1.07 bits per heavy atom. The van der Waals surface area contributed by atoms with Gasteiger partial charge in [-0.15, -0.1) is 0 Å². The summed E-state index contributed by atoms with van der Waals surface area (Å²) in [6, 6.07) is -0.841. The first-order valence-electron chi connectivity index (χ1n) is 23.0. The topological polar surface area (TPSA) is 149 Å². The summed E-state index contributed by atoms with van der Waals surface area (Å²) in [4.78, 5) is 12.9. The molecule has 0 bridgehead atoms. The zero-order valence-electron chi connectivity index (χ0n) is 36.7. The molecule has 0 saturated carbocycles. The van der Waals surface area contributed by atoms with Gasteiger partial charge in [-0.1, -0.05) is 162 Å². The lowest BCUT2D eigenvalue weighted by Gasteiger charge is -2.40. The fraction of sp³-hybridized carbons (Fsp3) is 0.660. The van der Waals surface area contributed by atoms with Gasteiger partial charge in [-0.2, -0.15) is 0 Å². The first kappa shape index (κ1) is 54.1. The van der Waals surface area contributed by atoms with E-state index in [1.807, 2.05) is 6.08 Å². The number of amides is 1. The van der Waals surface area contributed by atoms with E-state index >= 15 is 0 Å². The van der Waals surface area contributed by atoms with Gasteiger partial charge in [0.2, 0.25) is 5.91 Å². The molecule has 0 aromatic rings. The van der Waals surface area contributed by atoms with Crippen LogP contribution in [0, 0.1) is 0 Å². The maximum Gasteiger partial charge on any atom is 0.220 e. The molecule has 0 aromatic heterocycles. The molecule has 9 heteroatoms. The summed E-state index contributed by atoms with van der Waals surface area (Å²) in [6.07, 6.45) is 48.7. The van der Waals surface area contributed by atoms with E-state index in [1.165, 1.54) is 44.9 Å². The summed E-state index contributed by atoms with van der Waals surface area (Å²) in [5, 5.41) is 54.1. The van der Waals surface area contributed by atoms with Crippen LogP contribution in [0.4, 0.5) is 0 Å². The molecule has 336 valence electrons. The fourth-order valence-electron chi connectivity index (χ4n) is 6.47. The van der Waals surface area contributed by atoms with E-state index in [9.17, 15) is 30.3 Å². The van der Waals surface area contributed by atoms with Gasteiger partial charge in [0.05, 0.1) is 25.4 Å². The molecular weight excluding hydrogens is 743 g/mol. The van der Waals surface area contributed by atoms with Crippen LogP contribution in [-0.4, -0.2) is 87.5 Å². The lowest BCUT2D eigenvalue weighted by atomic mass is 9.99. The standard InChI is InChI=1S/C50H83NO8/c1-3-5-7-9-11-13-15-17-18-19-20-21-22-23-24-25-26-28-30-32-34-36-38-40-46(54)51-43(42-58-50-49(57)48(56)47(55)45(41-52)59-50)44(53)39-37-35-33-31-29-27-16-14-12-10-8-6-4-2/h5,7,11,13,17-18,20-21,23-24,26,28-29,31,37,39,43-45,47-50,52-53,55-57H,3-4,6,8-10,12,14-16,19,22,25,27,30,32-36,38,40-42H2,1-2H3,(H,51,54)/b7-5-,13-11-,18-17-,21-20-,24-23-,28-26-,31-29+,39-37+. The van der Waals surface area contributed by atoms with Gasteiger partial charge in [-0.25, -0.2) is 0 Å². The van der Waals surface area contributed by atoms with Crippen LogP contribution < -0.4 is 5.32 Å². The highest BCUT2D eigenvalue weighted by Gasteiger charge is 2.44. The van der Waals surface area contributed by atoms with E-state index in [4.69, 9.17) is 9.47 Å². The second-order valence-electron chi connectivity index (χ2n) is 15.5. The third-order valence-corrected chi connectivity index (χ3v) is 10.1. The van der Waals surface area contributed by atoms with Gasteiger partial charge in [0, 0.05) is 6.42 Å². The predicted molar refractivity (Wildman–Crippen MR) is 244 cm³/mol. The summed E-state index contributed by atoms with van der Waals surface area (Å²) in [6.45, 7) is 3.59. The molecular formula is C50H83NO8. The van der Waals surface area contributed by atoms with Gasteiger partial charge in [0.15, 0.2) is 6.29 Å². The minimum absolute atomic E-state index is 0.217. The molecule has 1 heterocycles. The van der Waals surface area contributed by atoms with Crippen molar-refractivity contribution in [2.24, 2.45) is 0 Å². The van der Waals surface area contributed by atoms with Crippen molar-refractivity contribution < 1.29 is 39.8 Å². The molecule has 1 fully saturated rings. The van der Waals surface area contributed by atoms with Gasteiger partial charge < -0.3 is 40.3 Å². The Labute approximate surface area is 358 Å². The van der Waals surface area contributed by atoms with E-state index in [0.717, 1.165) is 83.5 Å². The molecule has 1 amide bonds. The first-order valence-corrected chi connectivity index (χ1v) is 23.0. The summed E-state index contributed by atoms with van der Waals surface area (Å²) < 4.78 is 11.2. The molecule has 0 radical (unpaired) electrons. The number of hydrogen-bond donors (Lipinski definition) is 6. The fourth-order valence-corrected chi connectivity index (χ4v) is 6.47. The van der Waals surface area contributed by atoms with Crippen LogP contribution in [0.15, 0.2) is 97.2 Å². The van der Waals surface area contributed by atoms with E-state index in [0.29, 0.717) is 12.8 Å². The van der Waals surface area contributed by atoms with Crippen LogP contribution in [0.3, 0.4) is 0 Å². The number of rotatable bonds is 36. The van der Waals surface area contributed by atoms with E-state index in [2.05, 4.69) is 104 Å². The van der Waals surface area contributed by atoms with Crippen molar-refractivity contribution in [3.63, 3.8) is 0 Å². The number of hydrogen-bond acceptors (Lipinski definition) is 8. The Kier molecular flexibility index (Phi) is 36.0. The van der Waals surface area contributed by atoms with Crippen molar-refractivity contribution in [3.8, 4) is 0 Å². The Bertz CT molecular complexity index is 1240. The zero-order chi connectivity index (χ0) is 43.0. The van der Waals surface area contributed by atoms with E-state index in [-0.39, 0.29) is 12.5 Å². The minimum atomic E-state index is -1.58. The van der Waals surface area contributed by atoms with Crippen molar-refractivity contribution in [1.82, 2.24) is 5.32 Å². The van der Waals surface area contributed by atoms with Crippen molar-refractivity contribution >= 4 is 5.91 Å². The van der Waals surface area contributed by atoms with Crippen LogP contribution in [0.1, 0.15) is 155 Å². The molecule has 0 aliphatic carbocycles.